The molecule has 0 spiro atoms. The fourth-order valence-electron chi connectivity index (χ4n) is 1.90. The molecular weight excluding hydrogens is 287 g/mol. The van der Waals surface area contributed by atoms with Crippen LogP contribution in [0.15, 0.2) is 18.2 Å². The second kappa shape index (κ2) is 7.10. The summed E-state index contributed by atoms with van der Waals surface area (Å²) in [6, 6.07) is 5.12. The molecule has 6 heteroatoms. The van der Waals surface area contributed by atoms with E-state index in [1.165, 1.54) is 0 Å². The third-order valence-corrected chi connectivity index (χ3v) is 3.53. The van der Waals surface area contributed by atoms with Gasteiger partial charge in [-0.15, -0.1) is 0 Å². The van der Waals surface area contributed by atoms with Gasteiger partial charge in [0, 0.05) is 23.1 Å². The Morgan fingerprint density at radius 1 is 1.47 bits per heavy atom. The van der Waals surface area contributed by atoms with Crippen molar-refractivity contribution in [1.82, 2.24) is 10.6 Å². The predicted molar refractivity (Wildman–Crippen MR) is 75.8 cm³/mol. The minimum absolute atomic E-state index is 0.0372. The van der Waals surface area contributed by atoms with Gasteiger partial charge in [0.05, 0.1) is 13.2 Å². The first kappa shape index (κ1) is 14.6. The maximum atomic E-state index is 11.8. The Hall–Kier alpha value is -0.810. The number of hydrogen-bond donors (Lipinski definition) is 2. The molecule has 1 unspecified atom stereocenters. The van der Waals surface area contributed by atoms with Crippen LogP contribution in [-0.4, -0.2) is 38.3 Å². The molecule has 0 bridgehead atoms. The van der Waals surface area contributed by atoms with E-state index in [4.69, 9.17) is 27.9 Å². The first-order valence-corrected chi connectivity index (χ1v) is 6.95. The summed E-state index contributed by atoms with van der Waals surface area (Å²) in [5.74, 6) is -0.0372. The van der Waals surface area contributed by atoms with Crippen LogP contribution in [-0.2, 0) is 16.0 Å². The second-order valence-corrected chi connectivity index (χ2v) is 5.20. The molecule has 0 aliphatic carbocycles. The molecule has 0 radical (unpaired) electrons. The minimum atomic E-state index is -0.255. The highest BCUT2D eigenvalue weighted by Crippen LogP contribution is 2.20. The lowest BCUT2D eigenvalue weighted by molar-refractivity contribution is -0.125. The lowest BCUT2D eigenvalue weighted by Gasteiger charge is -2.22. The van der Waals surface area contributed by atoms with Gasteiger partial charge in [0.15, 0.2) is 0 Å². The topological polar surface area (TPSA) is 50.4 Å². The number of rotatable bonds is 4. The summed E-state index contributed by atoms with van der Waals surface area (Å²) in [4.78, 5) is 11.8. The van der Waals surface area contributed by atoms with Crippen LogP contribution in [0.3, 0.4) is 0 Å². The summed E-state index contributed by atoms with van der Waals surface area (Å²) in [7, 11) is 0. The Bertz CT molecular complexity index is 448. The fraction of sp³-hybridized carbons (Fsp3) is 0.462. The third kappa shape index (κ3) is 4.35. The van der Waals surface area contributed by atoms with Gasteiger partial charge in [0.2, 0.25) is 5.91 Å². The van der Waals surface area contributed by atoms with Crippen LogP contribution in [0.25, 0.3) is 0 Å². The molecule has 4 nitrogen and oxygen atoms in total. The molecule has 1 amide bonds. The molecule has 2 N–H and O–H groups in total. The van der Waals surface area contributed by atoms with Crippen LogP contribution in [0.5, 0.6) is 0 Å². The zero-order chi connectivity index (χ0) is 13.7. The average Bonchev–Trinajstić information content (AvgIpc) is 2.42. The van der Waals surface area contributed by atoms with Gasteiger partial charge in [-0.05, 0) is 24.1 Å². The number of hydrogen-bond acceptors (Lipinski definition) is 3. The summed E-state index contributed by atoms with van der Waals surface area (Å²) in [6.45, 7) is 2.33. The van der Waals surface area contributed by atoms with E-state index in [1.807, 2.05) is 6.07 Å². The van der Waals surface area contributed by atoms with Crippen molar-refractivity contribution < 1.29 is 9.53 Å². The van der Waals surface area contributed by atoms with Crippen molar-refractivity contribution in [3.8, 4) is 0 Å². The molecule has 0 aromatic heterocycles. The zero-order valence-corrected chi connectivity index (χ0v) is 11.9. The summed E-state index contributed by atoms with van der Waals surface area (Å²) < 4.78 is 5.24. The largest absolute Gasteiger partial charge is 0.378 e. The van der Waals surface area contributed by atoms with Gasteiger partial charge in [-0.1, -0.05) is 29.3 Å². The minimum Gasteiger partial charge on any atom is -0.378 e. The Balaban J connectivity index is 1.78. The molecule has 1 saturated heterocycles. The van der Waals surface area contributed by atoms with Gasteiger partial charge in [-0.2, -0.15) is 0 Å². The average molecular weight is 303 g/mol. The van der Waals surface area contributed by atoms with Gasteiger partial charge < -0.3 is 15.4 Å². The molecular formula is C13H16Cl2N2O2. The molecule has 0 saturated carbocycles. The molecule has 1 aliphatic heterocycles. The Morgan fingerprint density at radius 2 is 2.32 bits per heavy atom. The van der Waals surface area contributed by atoms with Gasteiger partial charge >= 0.3 is 0 Å². The van der Waals surface area contributed by atoms with Crippen LogP contribution in [0.1, 0.15) is 5.56 Å². The maximum Gasteiger partial charge on any atom is 0.239 e. The summed E-state index contributed by atoms with van der Waals surface area (Å²) in [5.41, 5.74) is 0.972. The maximum absolute atomic E-state index is 11.8. The van der Waals surface area contributed by atoms with Crippen molar-refractivity contribution in [2.75, 3.05) is 26.3 Å². The first-order chi connectivity index (χ1) is 9.16. The highest BCUT2D eigenvalue weighted by Gasteiger charge is 2.20. The number of morpholine rings is 1. The number of halogens is 2. The Kier molecular flexibility index (Phi) is 5.45. The molecule has 1 fully saturated rings. The van der Waals surface area contributed by atoms with E-state index in [1.54, 1.807) is 12.1 Å². The van der Waals surface area contributed by atoms with E-state index in [0.29, 0.717) is 42.8 Å². The number of benzene rings is 1. The molecule has 104 valence electrons. The van der Waals surface area contributed by atoms with Gasteiger partial charge in [-0.25, -0.2) is 0 Å². The first-order valence-electron chi connectivity index (χ1n) is 6.19. The van der Waals surface area contributed by atoms with Crippen LogP contribution in [0.2, 0.25) is 10.0 Å². The van der Waals surface area contributed by atoms with E-state index in [2.05, 4.69) is 10.6 Å². The molecule has 1 aliphatic rings. The van der Waals surface area contributed by atoms with Crippen LogP contribution < -0.4 is 10.6 Å². The molecule has 1 aromatic carbocycles. The molecule has 1 atom stereocenters. The number of carbonyl (C=O) groups excluding carboxylic acids is 1. The lowest BCUT2D eigenvalue weighted by atomic mass is 10.1. The summed E-state index contributed by atoms with van der Waals surface area (Å²) in [6.07, 6.45) is 0.676. The number of nitrogens with one attached hydrogen (secondary N) is 2. The quantitative estimate of drug-likeness (QED) is 0.889. The van der Waals surface area contributed by atoms with Crippen molar-refractivity contribution in [2.24, 2.45) is 0 Å². The van der Waals surface area contributed by atoms with Crippen molar-refractivity contribution >= 4 is 29.1 Å². The normalized spacial score (nSPS) is 19.2. The van der Waals surface area contributed by atoms with E-state index in [-0.39, 0.29) is 11.9 Å². The second-order valence-electron chi connectivity index (χ2n) is 4.36. The van der Waals surface area contributed by atoms with E-state index < -0.39 is 0 Å². The van der Waals surface area contributed by atoms with Crippen molar-refractivity contribution in [1.29, 1.82) is 0 Å². The number of carbonyl (C=O) groups is 1. The number of ether oxygens (including phenoxy) is 1. The highest BCUT2D eigenvalue weighted by molar-refractivity contribution is 6.35. The molecule has 19 heavy (non-hydrogen) atoms. The van der Waals surface area contributed by atoms with E-state index in [9.17, 15) is 4.79 Å². The standard InChI is InChI=1S/C13H16Cl2N2O2/c14-10-2-1-9(11(15)7-10)3-4-17-13(18)12-8-19-6-5-16-12/h1-2,7,12,16H,3-6,8H2,(H,17,18). The van der Waals surface area contributed by atoms with Crippen LogP contribution in [0, 0.1) is 0 Å². The summed E-state index contributed by atoms with van der Waals surface area (Å²) >= 11 is 11.9. The van der Waals surface area contributed by atoms with Gasteiger partial charge in [0.25, 0.3) is 0 Å². The van der Waals surface area contributed by atoms with Gasteiger partial charge in [-0.3, -0.25) is 4.79 Å². The molecule has 1 aromatic rings. The van der Waals surface area contributed by atoms with Gasteiger partial charge in [0.1, 0.15) is 6.04 Å². The van der Waals surface area contributed by atoms with Crippen LogP contribution >= 0.6 is 23.2 Å². The van der Waals surface area contributed by atoms with E-state index >= 15 is 0 Å². The molecule has 2 rings (SSSR count). The van der Waals surface area contributed by atoms with Crippen LogP contribution in [0.4, 0.5) is 0 Å². The van der Waals surface area contributed by atoms with E-state index in [0.717, 1.165) is 5.56 Å². The smallest absolute Gasteiger partial charge is 0.239 e. The monoisotopic (exact) mass is 302 g/mol. The van der Waals surface area contributed by atoms with Crippen molar-refractivity contribution in [3.05, 3.63) is 33.8 Å². The molecule has 1 heterocycles. The zero-order valence-electron chi connectivity index (χ0n) is 10.4. The highest BCUT2D eigenvalue weighted by atomic mass is 35.5. The lowest BCUT2D eigenvalue weighted by Crippen LogP contribution is -2.51. The van der Waals surface area contributed by atoms with Crippen molar-refractivity contribution in [3.63, 3.8) is 0 Å². The predicted octanol–water partition coefficient (Wildman–Crippen LogP) is 1.64. The number of amides is 1. The fourth-order valence-corrected chi connectivity index (χ4v) is 2.40. The SMILES string of the molecule is O=C(NCCc1ccc(Cl)cc1Cl)C1COCCN1. The Morgan fingerprint density at radius 3 is 3.00 bits per heavy atom. The summed E-state index contributed by atoms with van der Waals surface area (Å²) in [5, 5.41) is 7.21. The Labute approximate surface area is 122 Å². The van der Waals surface area contributed by atoms with Crippen molar-refractivity contribution in [2.45, 2.75) is 12.5 Å². The third-order valence-electron chi connectivity index (χ3n) is 2.95.